The van der Waals surface area contributed by atoms with E-state index in [-0.39, 0.29) is 11.5 Å². The summed E-state index contributed by atoms with van der Waals surface area (Å²) in [5.41, 5.74) is 0.537. The normalized spacial score (nSPS) is 10.7. The first kappa shape index (κ1) is 15.3. The Balaban J connectivity index is 2.63. The van der Waals surface area contributed by atoms with Gasteiger partial charge in [0.05, 0.1) is 11.5 Å². The molecular weight excluding hydrogens is 244 g/mol. The van der Waals surface area contributed by atoms with Crippen molar-refractivity contribution < 1.29 is 9.72 Å². The van der Waals surface area contributed by atoms with E-state index in [0.29, 0.717) is 12.1 Å². The number of unbranched alkanes of at least 4 members (excludes halogenated alkanes) is 1. The average Bonchev–Trinajstić information content (AvgIpc) is 2.43. The van der Waals surface area contributed by atoms with Crippen LogP contribution < -0.4 is 0 Å². The van der Waals surface area contributed by atoms with Crippen molar-refractivity contribution in [1.82, 2.24) is 4.90 Å². The number of rotatable bonds is 8. The highest BCUT2D eigenvalue weighted by atomic mass is 16.6. The molecule has 0 aromatic heterocycles. The summed E-state index contributed by atoms with van der Waals surface area (Å²) in [6, 6.07) is 5.79. The van der Waals surface area contributed by atoms with E-state index < -0.39 is 4.92 Å². The van der Waals surface area contributed by atoms with E-state index >= 15 is 0 Å². The van der Waals surface area contributed by atoms with Gasteiger partial charge in [0.2, 0.25) is 0 Å². The van der Waals surface area contributed by atoms with E-state index in [1.165, 1.54) is 24.3 Å². The van der Waals surface area contributed by atoms with Gasteiger partial charge >= 0.3 is 0 Å². The van der Waals surface area contributed by atoms with Gasteiger partial charge in [0.1, 0.15) is 0 Å². The standard InChI is InChI=1S/C14H20N2O3/c1-3-5-10-15(4-2)11-14(17)12-6-8-13(9-7-12)16(18)19/h6-9H,3-5,10-11H2,1-2H3. The van der Waals surface area contributed by atoms with Crippen LogP contribution in [-0.4, -0.2) is 35.2 Å². The Bertz CT molecular complexity index is 429. The summed E-state index contributed by atoms with van der Waals surface area (Å²) in [4.78, 5) is 24.2. The predicted octanol–water partition coefficient (Wildman–Crippen LogP) is 2.90. The van der Waals surface area contributed by atoms with Crippen LogP contribution in [0.2, 0.25) is 0 Å². The number of benzene rings is 1. The average molecular weight is 264 g/mol. The van der Waals surface area contributed by atoms with Gasteiger partial charge in [0, 0.05) is 17.7 Å². The van der Waals surface area contributed by atoms with Crippen LogP contribution in [0.5, 0.6) is 0 Å². The van der Waals surface area contributed by atoms with Gasteiger partial charge in [-0.3, -0.25) is 19.8 Å². The quantitative estimate of drug-likeness (QED) is 0.411. The number of Topliss-reactive ketones (excluding diaryl/α,β-unsaturated/α-hetero) is 1. The molecule has 104 valence electrons. The van der Waals surface area contributed by atoms with Crippen molar-refractivity contribution in [3.05, 3.63) is 39.9 Å². The maximum Gasteiger partial charge on any atom is 0.269 e. The highest BCUT2D eigenvalue weighted by Crippen LogP contribution is 2.12. The summed E-state index contributed by atoms with van der Waals surface area (Å²) in [6.45, 7) is 6.25. The van der Waals surface area contributed by atoms with Gasteiger partial charge in [0.25, 0.3) is 5.69 Å². The molecule has 0 unspecified atom stereocenters. The lowest BCUT2D eigenvalue weighted by atomic mass is 10.1. The van der Waals surface area contributed by atoms with Crippen molar-refractivity contribution in [1.29, 1.82) is 0 Å². The lowest BCUT2D eigenvalue weighted by Gasteiger charge is -2.18. The largest absolute Gasteiger partial charge is 0.296 e. The number of carbonyl (C=O) groups excluding carboxylic acids is 1. The Hall–Kier alpha value is -1.75. The molecular formula is C14H20N2O3. The predicted molar refractivity (Wildman–Crippen MR) is 74.4 cm³/mol. The van der Waals surface area contributed by atoms with Gasteiger partial charge in [-0.05, 0) is 31.6 Å². The molecule has 0 N–H and O–H groups in total. The van der Waals surface area contributed by atoms with E-state index in [2.05, 4.69) is 11.8 Å². The summed E-state index contributed by atoms with van der Waals surface area (Å²) in [5.74, 6) is 0.00727. The van der Waals surface area contributed by atoms with Crippen molar-refractivity contribution >= 4 is 11.5 Å². The zero-order chi connectivity index (χ0) is 14.3. The molecule has 0 saturated carbocycles. The number of nitrogens with zero attached hydrogens (tertiary/aromatic N) is 2. The van der Waals surface area contributed by atoms with Crippen LogP contribution >= 0.6 is 0 Å². The van der Waals surface area contributed by atoms with Gasteiger partial charge in [-0.25, -0.2) is 0 Å². The maximum absolute atomic E-state index is 12.0. The molecule has 1 aromatic carbocycles. The Morgan fingerprint density at radius 1 is 1.26 bits per heavy atom. The molecule has 0 saturated heterocycles. The highest BCUT2D eigenvalue weighted by Gasteiger charge is 2.12. The van der Waals surface area contributed by atoms with Crippen LogP contribution in [0, 0.1) is 10.1 Å². The van der Waals surface area contributed by atoms with Crippen LogP contribution in [0.4, 0.5) is 5.69 Å². The third-order valence-corrected chi connectivity index (χ3v) is 3.04. The van der Waals surface area contributed by atoms with Gasteiger partial charge in [0.15, 0.2) is 5.78 Å². The third kappa shape index (κ3) is 4.79. The molecule has 0 aliphatic carbocycles. The van der Waals surface area contributed by atoms with E-state index in [1.807, 2.05) is 6.92 Å². The lowest BCUT2D eigenvalue weighted by molar-refractivity contribution is -0.384. The van der Waals surface area contributed by atoms with Crippen LogP contribution in [0.1, 0.15) is 37.0 Å². The SMILES string of the molecule is CCCCN(CC)CC(=O)c1ccc([N+](=O)[O-])cc1. The number of hydrogen-bond acceptors (Lipinski definition) is 4. The number of non-ortho nitro benzene ring substituents is 1. The molecule has 0 atom stereocenters. The Morgan fingerprint density at radius 3 is 2.37 bits per heavy atom. The molecule has 0 radical (unpaired) electrons. The van der Waals surface area contributed by atoms with E-state index in [0.717, 1.165) is 25.9 Å². The molecule has 1 rings (SSSR count). The van der Waals surface area contributed by atoms with Gasteiger partial charge in [-0.15, -0.1) is 0 Å². The van der Waals surface area contributed by atoms with Crippen molar-refractivity contribution in [2.24, 2.45) is 0 Å². The topological polar surface area (TPSA) is 63.5 Å². The summed E-state index contributed by atoms with van der Waals surface area (Å²) < 4.78 is 0. The molecule has 0 heterocycles. The number of likely N-dealkylation sites (N-methyl/N-ethyl adjacent to an activating group) is 1. The second kappa shape index (κ2) is 7.63. The fourth-order valence-electron chi connectivity index (χ4n) is 1.79. The zero-order valence-corrected chi connectivity index (χ0v) is 11.5. The summed E-state index contributed by atoms with van der Waals surface area (Å²) in [6.07, 6.45) is 2.17. The molecule has 19 heavy (non-hydrogen) atoms. The number of ketones is 1. The minimum absolute atomic E-state index is 0.00727. The molecule has 0 fully saturated rings. The third-order valence-electron chi connectivity index (χ3n) is 3.04. The Labute approximate surface area is 113 Å². The minimum atomic E-state index is -0.464. The van der Waals surface area contributed by atoms with Crippen LogP contribution in [0.25, 0.3) is 0 Å². The smallest absolute Gasteiger partial charge is 0.269 e. The molecule has 0 bridgehead atoms. The fourth-order valence-corrected chi connectivity index (χ4v) is 1.79. The molecule has 5 heteroatoms. The number of nitro groups is 1. The van der Waals surface area contributed by atoms with Crippen molar-refractivity contribution in [2.75, 3.05) is 19.6 Å². The molecule has 1 aromatic rings. The van der Waals surface area contributed by atoms with Crippen molar-refractivity contribution in [3.8, 4) is 0 Å². The zero-order valence-electron chi connectivity index (χ0n) is 11.5. The molecule has 0 aliphatic heterocycles. The molecule has 5 nitrogen and oxygen atoms in total. The second-order valence-corrected chi connectivity index (χ2v) is 4.45. The maximum atomic E-state index is 12.0. The minimum Gasteiger partial charge on any atom is -0.296 e. The molecule has 0 spiro atoms. The monoisotopic (exact) mass is 264 g/mol. The Morgan fingerprint density at radius 2 is 1.89 bits per heavy atom. The molecule has 0 aliphatic rings. The van der Waals surface area contributed by atoms with Crippen molar-refractivity contribution in [2.45, 2.75) is 26.7 Å². The first-order chi connectivity index (χ1) is 9.08. The fraction of sp³-hybridized carbons (Fsp3) is 0.500. The van der Waals surface area contributed by atoms with Gasteiger partial charge in [-0.2, -0.15) is 0 Å². The van der Waals surface area contributed by atoms with Crippen LogP contribution in [0.3, 0.4) is 0 Å². The summed E-state index contributed by atoms with van der Waals surface area (Å²) >= 11 is 0. The highest BCUT2D eigenvalue weighted by molar-refractivity contribution is 5.97. The number of nitro benzene ring substituents is 1. The van der Waals surface area contributed by atoms with E-state index in [4.69, 9.17) is 0 Å². The van der Waals surface area contributed by atoms with Crippen LogP contribution in [-0.2, 0) is 0 Å². The second-order valence-electron chi connectivity index (χ2n) is 4.45. The Kier molecular flexibility index (Phi) is 6.15. The van der Waals surface area contributed by atoms with E-state index in [1.54, 1.807) is 0 Å². The van der Waals surface area contributed by atoms with Gasteiger partial charge in [-0.1, -0.05) is 20.3 Å². The first-order valence-electron chi connectivity index (χ1n) is 6.58. The van der Waals surface area contributed by atoms with E-state index in [9.17, 15) is 14.9 Å². The van der Waals surface area contributed by atoms with Crippen LogP contribution in [0.15, 0.2) is 24.3 Å². The summed E-state index contributed by atoms with van der Waals surface area (Å²) in [7, 11) is 0. The number of hydrogen-bond donors (Lipinski definition) is 0. The summed E-state index contributed by atoms with van der Waals surface area (Å²) in [5, 5.41) is 10.5. The molecule has 0 amide bonds. The van der Waals surface area contributed by atoms with Gasteiger partial charge < -0.3 is 0 Å². The van der Waals surface area contributed by atoms with Crippen molar-refractivity contribution in [3.63, 3.8) is 0 Å². The lowest BCUT2D eigenvalue weighted by Crippen LogP contribution is -2.30. The number of carbonyl (C=O) groups is 1. The first-order valence-corrected chi connectivity index (χ1v) is 6.58.